The van der Waals surface area contributed by atoms with E-state index in [9.17, 15) is 5.11 Å². The molecule has 20 heavy (non-hydrogen) atoms. The highest BCUT2D eigenvalue weighted by atomic mass is 32.1. The maximum atomic E-state index is 9.37. The molecular weight excluding hydrogens is 286 g/mol. The third-order valence-electron chi connectivity index (χ3n) is 4.07. The molecule has 0 saturated heterocycles. The molecule has 110 valence electrons. The molecule has 1 N–H and O–H groups in total. The first-order valence-corrected chi connectivity index (χ1v) is 10.6. The lowest BCUT2D eigenvalue weighted by molar-refractivity contribution is 0.276. The minimum atomic E-state index is -1.74. The van der Waals surface area contributed by atoms with Crippen LogP contribution in [-0.2, 0) is 17.6 Å². The van der Waals surface area contributed by atoms with E-state index in [0.29, 0.717) is 6.61 Å². The van der Waals surface area contributed by atoms with Gasteiger partial charge in [-0.05, 0) is 29.8 Å². The molecule has 0 unspecified atom stereocenters. The Hall–Kier alpha value is -0.753. The molecule has 1 aromatic carbocycles. The van der Waals surface area contributed by atoms with Crippen molar-refractivity contribution in [1.82, 2.24) is 4.98 Å². The van der Waals surface area contributed by atoms with Crippen molar-refractivity contribution in [1.29, 1.82) is 0 Å². The normalized spacial score (nSPS) is 13.1. The van der Waals surface area contributed by atoms with E-state index in [0.717, 1.165) is 20.8 Å². The topological polar surface area (TPSA) is 42.4 Å². The lowest BCUT2D eigenvalue weighted by Crippen LogP contribution is -2.40. The van der Waals surface area contributed by atoms with Gasteiger partial charge in [0, 0.05) is 0 Å². The van der Waals surface area contributed by atoms with Crippen LogP contribution in [0.1, 0.15) is 31.3 Å². The zero-order valence-corrected chi connectivity index (χ0v) is 14.7. The highest BCUT2D eigenvalue weighted by molar-refractivity contribution is 7.18. The minimum absolute atomic E-state index is 0.0576. The Balaban J connectivity index is 2.19. The number of nitrogens with zero attached hydrogens (tertiary/aromatic N) is 1. The predicted molar refractivity (Wildman–Crippen MR) is 87.5 cm³/mol. The molecule has 2 rings (SSSR count). The SMILES string of the molecule is CC(C)(C)[Si](C)(C)OCc1nc2cccc(CO)c2s1. The lowest BCUT2D eigenvalue weighted by atomic mass is 10.2. The van der Waals surface area contributed by atoms with Crippen molar-refractivity contribution in [2.75, 3.05) is 0 Å². The molecule has 0 amide bonds. The average Bonchev–Trinajstić information content (AvgIpc) is 2.77. The van der Waals surface area contributed by atoms with Gasteiger partial charge in [0.25, 0.3) is 0 Å². The van der Waals surface area contributed by atoms with Gasteiger partial charge in [-0.3, -0.25) is 0 Å². The number of fused-ring (bicyclic) bond motifs is 1. The highest BCUT2D eigenvalue weighted by Crippen LogP contribution is 2.37. The molecular formula is C15H23NO2SSi. The van der Waals surface area contributed by atoms with Crippen LogP contribution in [0.15, 0.2) is 18.2 Å². The van der Waals surface area contributed by atoms with E-state index in [1.165, 1.54) is 0 Å². The highest BCUT2D eigenvalue weighted by Gasteiger charge is 2.37. The van der Waals surface area contributed by atoms with Crippen molar-refractivity contribution in [2.45, 2.75) is 52.1 Å². The first kappa shape index (κ1) is 15.6. The Bertz CT molecular complexity index is 601. The van der Waals surface area contributed by atoms with Crippen LogP contribution in [0.3, 0.4) is 0 Å². The molecule has 1 heterocycles. The van der Waals surface area contributed by atoms with E-state index in [1.54, 1.807) is 11.3 Å². The largest absolute Gasteiger partial charge is 0.410 e. The van der Waals surface area contributed by atoms with E-state index in [1.807, 2.05) is 18.2 Å². The van der Waals surface area contributed by atoms with Crippen molar-refractivity contribution in [3.05, 3.63) is 28.8 Å². The summed E-state index contributed by atoms with van der Waals surface area (Å²) in [7, 11) is -1.74. The third kappa shape index (κ3) is 3.11. The van der Waals surface area contributed by atoms with Crippen LogP contribution in [0.25, 0.3) is 10.2 Å². The number of thiazole rings is 1. The number of hydrogen-bond donors (Lipinski definition) is 1. The first-order valence-electron chi connectivity index (χ1n) is 6.87. The third-order valence-corrected chi connectivity index (χ3v) is 9.67. The fourth-order valence-corrected chi connectivity index (χ4v) is 3.71. The molecule has 3 nitrogen and oxygen atoms in total. The maximum absolute atomic E-state index is 9.37. The lowest BCUT2D eigenvalue weighted by Gasteiger charge is -2.35. The second kappa shape index (κ2) is 5.56. The molecule has 1 aromatic heterocycles. The number of rotatable bonds is 4. The van der Waals surface area contributed by atoms with Crippen molar-refractivity contribution in [3.8, 4) is 0 Å². The molecule has 0 radical (unpaired) electrons. The molecule has 2 aromatic rings. The smallest absolute Gasteiger partial charge is 0.192 e. The minimum Gasteiger partial charge on any atom is -0.410 e. The van der Waals surface area contributed by atoms with Gasteiger partial charge >= 0.3 is 0 Å². The number of aliphatic hydroxyl groups excluding tert-OH is 1. The molecule has 0 aliphatic rings. The van der Waals surface area contributed by atoms with Crippen LogP contribution < -0.4 is 0 Å². The van der Waals surface area contributed by atoms with Gasteiger partial charge in [-0.1, -0.05) is 32.9 Å². The summed E-state index contributed by atoms with van der Waals surface area (Å²) < 4.78 is 7.28. The van der Waals surface area contributed by atoms with Crippen molar-refractivity contribution >= 4 is 29.9 Å². The van der Waals surface area contributed by atoms with Gasteiger partial charge in [0.15, 0.2) is 8.32 Å². The van der Waals surface area contributed by atoms with Crippen LogP contribution >= 0.6 is 11.3 Å². The monoisotopic (exact) mass is 309 g/mol. The zero-order chi connectivity index (χ0) is 15.0. The van der Waals surface area contributed by atoms with Crippen LogP contribution in [-0.4, -0.2) is 18.4 Å². The van der Waals surface area contributed by atoms with E-state index < -0.39 is 8.32 Å². The maximum Gasteiger partial charge on any atom is 0.192 e. The second-order valence-electron chi connectivity index (χ2n) is 6.58. The first-order chi connectivity index (χ1) is 9.24. The molecule has 0 fully saturated rings. The van der Waals surface area contributed by atoms with Crippen LogP contribution in [0.2, 0.25) is 18.1 Å². The summed E-state index contributed by atoms with van der Waals surface area (Å²) in [6, 6.07) is 5.87. The van der Waals surface area contributed by atoms with Crippen molar-refractivity contribution in [2.24, 2.45) is 0 Å². The number of aromatic nitrogens is 1. The summed E-state index contributed by atoms with van der Waals surface area (Å²) in [5.74, 6) is 0. The number of benzene rings is 1. The van der Waals surface area contributed by atoms with E-state index in [2.05, 4.69) is 38.8 Å². The summed E-state index contributed by atoms with van der Waals surface area (Å²) in [5.41, 5.74) is 1.90. The van der Waals surface area contributed by atoms with Crippen LogP contribution in [0, 0.1) is 0 Å². The van der Waals surface area contributed by atoms with Gasteiger partial charge in [0.1, 0.15) is 5.01 Å². The van der Waals surface area contributed by atoms with Gasteiger partial charge in [0.2, 0.25) is 0 Å². The van der Waals surface area contributed by atoms with Crippen molar-refractivity contribution in [3.63, 3.8) is 0 Å². The molecule has 5 heteroatoms. The molecule has 0 saturated carbocycles. The summed E-state index contributed by atoms with van der Waals surface area (Å²) in [6.07, 6.45) is 0. The van der Waals surface area contributed by atoms with Crippen molar-refractivity contribution < 1.29 is 9.53 Å². The fourth-order valence-electron chi connectivity index (χ4n) is 1.70. The van der Waals surface area contributed by atoms with E-state index in [4.69, 9.17) is 4.43 Å². The molecule has 0 bridgehead atoms. The predicted octanol–water partition coefficient (Wildman–Crippen LogP) is 4.31. The summed E-state index contributed by atoms with van der Waals surface area (Å²) in [5, 5.41) is 10.6. The van der Waals surface area contributed by atoms with E-state index in [-0.39, 0.29) is 11.6 Å². The van der Waals surface area contributed by atoms with Crippen LogP contribution in [0.4, 0.5) is 0 Å². The number of hydrogen-bond acceptors (Lipinski definition) is 4. The Morgan fingerprint density at radius 2 is 2.00 bits per heavy atom. The Kier molecular flexibility index (Phi) is 4.34. The quantitative estimate of drug-likeness (QED) is 0.856. The summed E-state index contributed by atoms with van der Waals surface area (Å²) in [4.78, 5) is 4.61. The Morgan fingerprint density at radius 3 is 2.60 bits per heavy atom. The Morgan fingerprint density at radius 1 is 1.30 bits per heavy atom. The molecule has 0 aliphatic heterocycles. The van der Waals surface area contributed by atoms with Gasteiger partial charge in [-0.25, -0.2) is 4.98 Å². The second-order valence-corrected chi connectivity index (χ2v) is 12.5. The molecule has 0 aliphatic carbocycles. The summed E-state index contributed by atoms with van der Waals surface area (Å²) >= 11 is 1.63. The van der Waals surface area contributed by atoms with Gasteiger partial charge in [0.05, 0.1) is 23.4 Å². The van der Waals surface area contributed by atoms with Gasteiger partial charge in [-0.2, -0.15) is 0 Å². The molecule has 0 atom stereocenters. The standard InChI is InChI=1S/C15H23NO2SSi/c1-15(2,3)20(4,5)18-10-13-16-12-8-6-7-11(9-17)14(12)19-13/h6-8,17H,9-10H2,1-5H3. The van der Waals surface area contributed by atoms with Gasteiger partial charge in [-0.15, -0.1) is 11.3 Å². The molecule has 0 spiro atoms. The van der Waals surface area contributed by atoms with Crippen LogP contribution in [0.5, 0.6) is 0 Å². The average molecular weight is 310 g/mol. The fraction of sp³-hybridized carbons (Fsp3) is 0.533. The van der Waals surface area contributed by atoms with Gasteiger partial charge < -0.3 is 9.53 Å². The summed E-state index contributed by atoms with van der Waals surface area (Å²) in [6.45, 7) is 11.8. The Labute approximate surface area is 125 Å². The zero-order valence-electron chi connectivity index (χ0n) is 12.9. The number of aliphatic hydroxyl groups is 1. The van der Waals surface area contributed by atoms with E-state index >= 15 is 0 Å².